The van der Waals surface area contributed by atoms with E-state index in [1.54, 1.807) is 6.08 Å². The van der Waals surface area contributed by atoms with Gasteiger partial charge < -0.3 is 30.2 Å². The Hall–Kier alpha value is -4.51. The first kappa shape index (κ1) is 32.4. The van der Waals surface area contributed by atoms with Gasteiger partial charge in [-0.05, 0) is 67.2 Å². The van der Waals surface area contributed by atoms with Gasteiger partial charge in [-0.25, -0.2) is 14.6 Å². The molecule has 1 aliphatic heterocycles. The fraction of sp³-hybridized carbons (Fsp3) is 0.424. The molecule has 2 unspecified atom stereocenters. The molecule has 11 heteroatoms. The molecule has 1 saturated carbocycles. The zero-order chi connectivity index (χ0) is 32.1. The number of ether oxygens (including phenoxy) is 2. The van der Waals surface area contributed by atoms with Crippen molar-refractivity contribution in [1.29, 1.82) is 0 Å². The lowest BCUT2D eigenvalue weighted by molar-refractivity contribution is -0.143. The minimum absolute atomic E-state index is 0.0940. The summed E-state index contributed by atoms with van der Waals surface area (Å²) in [6.07, 6.45) is 3.32. The molecule has 4 N–H and O–H groups in total. The van der Waals surface area contributed by atoms with Crippen molar-refractivity contribution in [3.8, 4) is 11.1 Å². The van der Waals surface area contributed by atoms with E-state index in [1.165, 1.54) is 6.92 Å². The Bertz CT molecular complexity index is 1520. The molecule has 1 aromatic heterocycles. The number of aliphatic imine (C=N–C) groups is 1. The van der Waals surface area contributed by atoms with E-state index in [0.717, 1.165) is 24.0 Å². The van der Waals surface area contributed by atoms with Crippen LogP contribution >= 0.6 is 0 Å². The summed E-state index contributed by atoms with van der Waals surface area (Å²) < 4.78 is 11.2. The second kappa shape index (κ2) is 13.9. The normalized spacial score (nSPS) is 22.5. The number of carboxylic acids is 1. The van der Waals surface area contributed by atoms with Gasteiger partial charge in [0.2, 0.25) is 5.91 Å². The highest BCUT2D eigenvalue weighted by atomic mass is 16.5. The number of amidine groups is 1. The van der Waals surface area contributed by atoms with Gasteiger partial charge in [0.25, 0.3) is 5.91 Å². The van der Waals surface area contributed by atoms with Gasteiger partial charge in [-0.3, -0.25) is 9.59 Å². The first-order valence-corrected chi connectivity index (χ1v) is 14.7. The van der Waals surface area contributed by atoms with Crippen molar-refractivity contribution >= 4 is 41.5 Å². The molecule has 0 radical (unpaired) electrons. The summed E-state index contributed by atoms with van der Waals surface area (Å²) in [6.45, 7) is 10.3. The van der Waals surface area contributed by atoms with E-state index in [1.807, 2.05) is 44.2 Å². The number of H-pyrrole nitrogens is 1. The number of carboxylic acid groups (broad SMARTS) is 1. The molecule has 11 nitrogen and oxygen atoms in total. The zero-order valence-electron chi connectivity index (χ0n) is 25.9. The summed E-state index contributed by atoms with van der Waals surface area (Å²) in [6, 6.07) is 9.25. The Kier molecular flexibility index (Phi) is 10.2. The van der Waals surface area contributed by atoms with Crippen LogP contribution in [-0.4, -0.2) is 59.0 Å². The Balaban J connectivity index is 1.83. The topological polar surface area (TPSA) is 159 Å². The summed E-state index contributed by atoms with van der Waals surface area (Å²) in [5, 5.41) is 14.3. The van der Waals surface area contributed by atoms with Crippen LogP contribution < -0.4 is 10.6 Å². The van der Waals surface area contributed by atoms with Crippen LogP contribution in [0.4, 0.5) is 5.82 Å². The maximum Gasteiger partial charge on any atom is 0.342 e. The molecule has 234 valence electrons. The van der Waals surface area contributed by atoms with Gasteiger partial charge in [-0.2, -0.15) is 0 Å². The number of nitrogens with zero attached hydrogens (tertiary/aromatic N) is 1. The number of hydrogen-bond acceptors (Lipinski definition) is 7. The number of anilines is 1. The minimum atomic E-state index is -1.21. The van der Waals surface area contributed by atoms with Crippen LogP contribution in [0.15, 0.2) is 52.2 Å². The maximum absolute atomic E-state index is 14.1. The molecular formula is C33H40N4O7. The smallest absolute Gasteiger partial charge is 0.342 e. The molecule has 2 heterocycles. The van der Waals surface area contributed by atoms with Gasteiger partial charge in [0.1, 0.15) is 36.5 Å². The van der Waals surface area contributed by atoms with Crippen LogP contribution in [0.3, 0.4) is 0 Å². The summed E-state index contributed by atoms with van der Waals surface area (Å²) in [5.41, 5.74) is 4.02. The molecular weight excluding hydrogens is 564 g/mol. The molecule has 0 spiro atoms. The number of hydrogen-bond donors (Lipinski definition) is 4. The lowest BCUT2D eigenvalue weighted by atomic mass is 9.75. The third-order valence-electron chi connectivity index (χ3n) is 8.04. The highest BCUT2D eigenvalue weighted by Crippen LogP contribution is 2.40. The van der Waals surface area contributed by atoms with Crippen LogP contribution in [0.1, 0.15) is 70.4 Å². The van der Waals surface area contributed by atoms with Gasteiger partial charge in [0.15, 0.2) is 0 Å². The van der Waals surface area contributed by atoms with Crippen LogP contribution in [0, 0.1) is 17.8 Å². The van der Waals surface area contributed by atoms with Gasteiger partial charge in [-0.15, -0.1) is 0 Å². The number of esters is 1. The van der Waals surface area contributed by atoms with Crippen molar-refractivity contribution in [2.75, 3.05) is 18.5 Å². The molecule has 1 aliphatic carbocycles. The van der Waals surface area contributed by atoms with Crippen molar-refractivity contribution in [3.05, 3.63) is 58.4 Å². The molecule has 2 aliphatic rings. The Morgan fingerprint density at radius 1 is 1.00 bits per heavy atom. The fourth-order valence-corrected chi connectivity index (χ4v) is 6.07. The van der Waals surface area contributed by atoms with Gasteiger partial charge in [0, 0.05) is 12.5 Å². The second-order valence-corrected chi connectivity index (χ2v) is 11.8. The van der Waals surface area contributed by atoms with Crippen molar-refractivity contribution in [2.24, 2.45) is 22.7 Å². The van der Waals surface area contributed by atoms with Crippen molar-refractivity contribution < 1.29 is 33.8 Å². The van der Waals surface area contributed by atoms with E-state index in [9.17, 15) is 19.2 Å². The molecule has 2 atom stereocenters. The SMILES string of the molecule is CC(=O)NC1=NC(=Cc2[nH]c(NC(=O)COCC(=O)O)c(C(=O)OC3C(C)CC(C)CC3C)c2-c2ccccc2)C(C)=C1C. The van der Waals surface area contributed by atoms with E-state index in [4.69, 9.17) is 14.6 Å². The average Bonchev–Trinajstić information content (AvgIpc) is 3.42. The predicted molar refractivity (Wildman–Crippen MR) is 167 cm³/mol. The largest absolute Gasteiger partial charge is 0.480 e. The number of allylic oxidation sites excluding steroid dienone is 1. The van der Waals surface area contributed by atoms with Crippen LogP contribution in [0.25, 0.3) is 17.2 Å². The number of carbonyl (C=O) groups excluding carboxylic acids is 3. The number of carbonyl (C=O) groups is 4. The molecule has 4 rings (SSSR count). The lowest BCUT2D eigenvalue weighted by Crippen LogP contribution is -2.37. The highest BCUT2D eigenvalue weighted by molar-refractivity contribution is 6.11. The third-order valence-corrected chi connectivity index (χ3v) is 8.04. The molecule has 1 aromatic carbocycles. The molecule has 0 saturated heterocycles. The number of aromatic amines is 1. The average molecular weight is 605 g/mol. The maximum atomic E-state index is 14.1. The quantitative estimate of drug-likeness (QED) is 0.287. The third kappa shape index (κ3) is 7.52. The monoisotopic (exact) mass is 604 g/mol. The fourth-order valence-electron chi connectivity index (χ4n) is 6.07. The van der Waals surface area contributed by atoms with Crippen LogP contribution in [0.5, 0.6) is 0 Å². The minimum Gasteiger partial charge on any atom is -0.480 e. The summed E-state index contributed by atoms with van der Waals surface area (Å²) in [5.74, 6) is -1.34. The highest BCUT2D eigenvalue weighted by Gasteiger charge is 2.36. The zero-order valence-corrected chi connectivity index (χ0v) is 25.9. The number of nitrogens with one attached hydrogen (secondary N) is 3. The predicted octanol–water partition coefficient (Wildman–Crippen LogP) is 5.17. The Labute approximate surface area is 256 Å². The van der Waals surface area contributed by atoms with Crippen molar-refractivity contribution in [2.45, 2.75) is 60.5 Å². The van der Waals surface area contributed by atoms with Crippen molar-refractivity contribution in [3.63, 3.8) is 0 Å². The standard InChI is InChI=1S/C33H40N4O7/c1-17-12-18(2)30(19(3)13-17)44-33(42)29-28(23-10-8-7-9-11-23)25(36-32(29)37-26(39)15-43-16-27(40)41)14-24-20(4)21(5)31(35-24)34-22(6)38/h7-11,14,17-19,30,36H,12-13,15-16H2,1-6H3,(H,37,39)(H,40,41)(H,34,35,38). The number of amides is 2. The first-order chi connectivity index (χ1) is 20.8. The number of aromatic nitrogens is 1. The van der Waals surface area contributed by atoms with Crippen LogP contribution in [-0.2, 0) is 23.9 Å². The molecule has 44 heavy (non-hydrogen) atoms. The van der Waals surface area contributed by atoms with E-state index in [2.05, 4.69) is 41.4 Å². The Morgan fingerprint density at radius 2 is 1.66 bits per heavy atom. The van der Waals surface area contributed by atoms with Crippen molar-refractivity contribution in [1.82, 2.24) is 10.3 Å². The lowest BCUT2D eigenvalue weighted by Gasteiger charge is -2.37. The van der Waals surface area contributed by atoms with E-state index >= 15 is 0 Å². The second-order valence-electron chi connectivity index (χ2n) is 11.8. The molecule has 0 bridgehead atoms. The first-order valence-electron chi connectivity index (χ1n) is 14.7. The van der Waals surface area contributed by atoms with Gasteiger partial charge >= 0.3 is 11.9 Å². The van der Waals surface area contributed by atoms with Gasteiger partial charge in [0.05, 0.1) is 11.4 Å². The summed E-state index contributed by atoms with van der Waals surface area (Å²) in [4.78, 5) is 57.4. The van der Waals surface area contributed by atoms with E-state index in [-0.39, 0.29) is 35.2 Å². The Morgan fingerprint density at radius 3 is 2.27 bits per heavy atom. The number of rotatable bonds is 9. The van der Waals surface area contributed by atoms with Gasteiger partial charge in [-0.1, -0.05) is 51.1 Å². The summed E-state index contributed by atoms with van der Waals surface area (Å²) >= 11 is 0. The van der Waals surface area contributed by atoms with E-state index in [0.29, 0.717) is 34.3 Å². The molecule has 1 fully saturated rings. The number of aliphatic carboxylic acids is 1. The molecule has 2 amide bonds. The van der Waals surface area contributed by atoms with Crippen LogP contribution in [0.2, 0.25) is 0 Å². The molecule has 2 aromatic rings. The number of benzene rings is 1. The van der Waals surface area contributed by atoms with E-state index < -0.39 is 31.1 Å². The summed E-state index contributed by atoms with van der Waals surface area (Å²) in [7, 11) is 0.